The van der Waals surface area contributed by atoms with Crippen LogP contribution in [0.5, 0.6) is 5.75 Å². The van der Waals surface area contributed by atoms with E-state index in [0.29, 0.717) is 11.0 Å². The number of phenolic OH excluding ortho intramolecular Hbond substituents is 1. The van der Waals surface area contributed by atoms with Gasteiger partial charge in [0.05, 0.1) is 3.57 Å². The van der Waals surface area contributed by atoms with Gasteiger partial charge in [-0.15, -0.1) is 0 Å². The van der Waals surface area contributed by atoms with Crippen molar-refractivity contribution < 1.29 is 9.90 Å². The van der Waals surface area contributed by atoms with Crippen LogP contribution in [-0.4, -0.2) is 17.6 Å². The van der Waals surface area contributed by atoms with Crippen LogP contribution in [-0.2, 0) is 0 Å². The minimum atomic E-state index is -0.0913. The lowest BCUT2D eigenvalue weighted by Gasteiger charge is -2.27. The van der Waals surface area contributed by atoms with Crippen molar-refractivity contribution in [3.05, 3.63) is 27.3 Å². The summed E-state index contributed by atoms with van der Waals surface area (Å²) >= 11 is 2.04. The highest BCUT2D eigenvalue weighted by Crippen LogP contribution is 2.40. The largest absolute Gasteiger partial charge is 0.507 e. The number of nitrogens with one attached hydrogen (secondary N) is 1. The van der Waals surface area contributed by atoms with Gasteiger partial charge in [-0.3, -0.25) is 4.79 Å². The van der Waals surface area contributed by atoms with Crippen molar-refractivity contribution in [1.82, 2.24) is 5.32 Å². The van der Waals surface area contributed by atoms with Gasteiger partial charge < -0.3 is 10.4 Å². The SMILES string of the molecule is CCC1(CNC(=O)c2ccc(I)c(O)c2)CCCC1. The topological polar surface area (TPSA) is 49.3 Å². The van der Waals surface area contributed by atoms with Gasteiger partial charge in [-0.25, -0.2) is 0 Å². The van der Waals surface area contributed by atoms with Crippen molar-refractivity contribution in [3.63, 3.8) is 0 Å². The number of aromatic hydroxyl groups is 1. The molecule has 0 aromatic heterocycles. The lowest BCUT2D eigenvalue weighted by atomic mass is 9.83. The van der Waals surface area contributed by atoms with Gasteiger partial charge in [0.2, 0.25) is 0 Å². The molecule has 1 saturated carbocycles. The second kappa shape index (κ2) is 6.11. The van der Waals surface area contributed by atoms with Gasteiger partial charge in [-0.05, 0) is 65.5 Å². The molecule has 1 aliphatic carbocycles. The van der Waals surface area contributed by atoms with Crippen LogP contribution >= 0.6 is 22.6 Å². The Kier molecular flexibility index (Phi) is 4.71. The predicted molar refractivity (Wildman–Crippen MR) is 84.3 cm³/mol. The van der Waals surface area contributed by atoms with Crippen molar-refractivity contribution in [1.29, 1.82) is 0 Å². The molecule has 0 heterocycles. The molecule has 2 N–H and O–H groups in total. The summed E-state index contributed by atoms with van der Waals surface area (Å²) in [5, 5.41) is 12.7. The Labute approximate surface area is 127 Å². The zero-order valence-corrected chi connectivity index (χ0v) is 13.4. The summed E-state index contributed by atoms with van der Waals surface area (Å²) in [7, 11) is 0. The molecule has 4 heteroatoms. The second-order valence-corrected chi connectivity index (χ2v) is 6.57. The number of hydrogen-bond donors (Lipinski definition) is 2. The minimum Gasteiger partial charge on any atom is -0.507 e. The van der Waals surface area contributed by atoms with E-state index in [4.69, 9.17) is 0 Å². The van der Waals surface area contributed by atoms with E-state index >= 15 is 0 Å². The van der Waals surface area contributed by atoms with Gasteiger partial charge in [0.25, 0.3) is 5.91 Å². The number of hydrogen-bond acceptors (Lipinski definition) is 2. The number of rotatable bonds is 4. The summed E-state index contributed by atoms with van der Waals surface area (Å²) < 4.78 is 0.759. The Hall–Kier alpha value is -0.780. The number of halogens is 1. The molecule has 104 valence electrons. The third-order valence-electron chi connectivity index (χ3n) is 4.25. The highest BCUT2D eigenvalue weighted by molar-refractivity contribution is 14.1. The van der Waals surface area contributed by atoms with Gasteiger partial charge in [0.1, 0.15) is 5.75 Å². The zero-order valence-electron chi connectivity index (χ0n) is 11.2. The summed E-state index contributed by atoms with van der Waals surface area (Å²) in [5.41, 5.74) is 0.822. The Morgan fingerprint density at radius 3 is 2.68 bits per heavy atom. The van der Waals surface area contributed by atoms with E-state index in [0.717, 1.165) is 16.5 Å². The van der Waals surface area contributed by atoms with E-state index in [2.05, 4.69) is 12.2 Å². The van der Waals surface area contributed by atoms with Gasteiger partial charge in [-0.2, -0.15) is 0 Å². The lowest BCUT2D eigenvalue weighted by molar-refractivity contribution is 0.0928. The third kappa shape index (κ3) is 3.41. The van der Waals surface area contributed by atoms with Gasteiger partial charge in [0.15, 0.2) is 0 Å². The molecule has 0 spiro atoms. The second-order valence-electron chi connectivity index (χ2n) is 5.41. The average Bonchev–Trinajstić information content (AvgIpc) is 2.89. The van der Waals surface area contributed by atoms with E-state index in [9.17, 15) is 9.90 Å². The van der Waals surface area contributed by atoms with Crippen molar-refractivity contribution in [2.45, 2.75) is 39.0 Å². The van der Waals surface area contributed by atoms with Crippen LogP contribution in [0.3, 0.4) is 0 Å². The minimum absolute atomic E-state index is 0.0913. The van der Waals surface area contributed by atoms with E-state index in [-0.39, 0.29) is 11.7 Å². The maximum atomic E-state index is 12.1. The van der Waals surface area contributed by atoms with E-state index in [1.165, 1.54) is 31.7 Å². The molecule has 1 fully saturated rings. The summed E-state index contributed by atoms with van der Waals surface area (Å²) in [6.45, 7) is 2.95. The lowest BCUT2D eigenvalue weighted by Crippen LogP contribution is -2.35. The number of carbonyl (C=O) groups excluding carboxylic acids is 1. The van der Waals surface area contributed by atoms with Crippen molar-refractivity contribution in [2.75, 3.05) is 6.54 Å². The first-order chi connectivity index (χ1) is 9.06. The quantitative estimate of drug-likeness (QED) is 0.791. The van der Waals surface area contributed by atoms with E-state index < -0.39 is 0 Å². The number of phenols is 1. The first kappa shape index (κ1) is 14.6. The number of carbonyl (C=O) groups is 1. The molecule has 1 aliphatic rings. The van der Waals surface area contributed by atoms with Crippen LogP contribution in [0.1, 0.15) is 49.4 Å². The molecule has 0 saturated heterocycles. The maximum Gasteiger partial charge on any atom is 0.251 e. The fraction of sp³-hybridized carbons (Fsp3) is 0.533. The average molecular weight is 373 g/mol. The third-order valence-corrected chi connectivity index (χ3v) is 5.16. The summed E-state index contributed by atoms with van der Waals surface area (Å²) in [6.07, 6.45) is 6.08. The van der Waals surface area contributed by atoms with Crippen LogP contribution in [0.25, 0.3) is 0 Å². The van der Waals surface area contributed by atoms with Crippen molar-refractivity contribution in [2.24, 2.45) is 5.41 Å². The molecule has 0 unspecified atom stereocenters. The fourth-order valence-electron chi connectivity index (χ4n) is 2.80. The monoisotopic (exact) mass is 373 g/mol. The maximum absolute atomic E-state index is 12.1. The fourth-order valence-corrected chi connectivity index (χ4v) is 3.14. The Bertz CT molecular complexity index is 467. The van der Waals surface area contributed by atoms with Crippen LogP contribution in [0.2, 0.25) is 0 Å². The van der Waals surface area contributed by atoms with Gasteiger partial charge in [-0.1, -0.05) is 19.8 Å². The smallest absolute Gasteiger partial charge is 0.251 e. The molecule has 1 aromatic carbocycles. The summed E-state index contributed by atoms with van der Waals surface area (Å²) in [4.78, 5) is 12.1. The molecular formula is C15H20INO2. The molecule has 1 aromatic rings. The molecular weight excluding hydrogens is 353 g/mol. The molecule has 0 bridgehead atoms. The van der Waals surface area contributed by atoms with Crippen LogP contribution in [0.15, 0.2) is 18.2 Å². The summed E-state index contributed by atoms with van der Waals surface area (Å²) in [5.74, 6) is 0.0748. The Balaban J connectivity index is 1.99. The molecule has 3 nitrogen and oxygen atoms in total. The highest BCUT2D eigenvalue weighted by atomic mass is 127. The van der Waals surface area contributed by atoms with Gasteiger partial charge >= 0.3 is 0 Å². The molecule has 19 heavy (non-hydrogen) atoms. The normalized spacial score (nSPS) is 17.4. The molecule has 2 rings (SSSR count). The molecule has 0 radical (unpaired) electrons. The molecule has 1 amide bonds. The van der Waals surface area contributed by atoms with Crippen LogP contribution in [0.4, 0.5) is 0 Å². The standard InChI is InChI=1S/C15H20INO2/c1-2-15(7-3-4-8-15)10-17-14(19)11-5-6-12(16)13(18)9-11/h5-6,9,18H,2-4,7-8,10H2,1H3,(H,17,19). The molecule has 0 aliphatic heterocycles. The van der Waals surface area contributed by atoms with Gasteiger partial charge in [0, 0.05) is 12.1 Å². The van der Waals surface area contributed by atoms with Crippen molar-refractivity contribution in [3.8, 4) is 5.75 Å². The number of amides is 1. The van der Waals surface area contributed by atoms with Crippen LogP contribution < -0.4 is 5.32 Å². The van der Waals surface area contributed by atoms with Crippen molar-refractivity contribution >= 4 is 28.5 Å². The van der Waals surface area contributed by atoms with E-state index in [1.54, 1.807) is 12.1 Å². The zero-order chi connectivity index (χ0) is 13.9. The van der Waals surface area contributed by atoms with Crippen LogP contribution in [0, 0.1) is 8.99 Å². The Morgan fingerprint density at radius 2 is 2.11 bits per heavy atom. The predicted octanol–water partition coefficient (Wildman–Crippen LogP) is 3.70. The highest BCUT2D eigenvalue weighted by Gasteiger charge is 2.32. The first-order valence-corrected chi connectivity index (χ1v) is 7.91. The Morgan fingerprint density at radius 1 is 1.42 bits per heavy atom. The first-order valence-electron chi connectivity index (χ1n) is 6.83. The molecule has 0 atom stereocenters. The number of benzene rings is 1. The summed E-state index contributed by atoms with van der Waals surface area (Å²) in [6, 6.07) is 5.05. The van der Waals surface area contributed by atoms with E-state index in [1.807, 2.05) is 22.6 Å².